The molecule has 148 valence electrons. The fraction of sp³-hybridized carbons (Fsp3) is 0.0455. The second-order valence-electron chi connectivity index (χ2n) is 6.72. The smallest absolute Gasteiger partial charge is 0.453 e. The molecule has 0 radical (unpaired) electrons. The van der Waals surface area contributed by atoms with Crippen LogP contribution in [0.2, 0.25) is 0 Å². The third-order valence-corrected chi connectivity index (χ3v) is 6.93. The minimum absolute atomic E-state index is 0.348. The fourth-order valence-electron chi connectivity index (χ4n) is 3.52. The van der Waals surface area contributed by atoms with Crippen LogP contribution in [0.1, 0.15) is 5.56 Å². The van der Waals surface area contributed by atoms with Gasteiger partial charge in [-0.1, -0.05) is 30.3 Å². The first-order valence-electron chi connectivity index (χ1n) is 9.12. The number of nitrogens with zero attached hydrogens (tertiary/aromatic N) is 2. The molecule has 0 bridgehead atoms. The normalized spacial score (nSPS) is 13.3. The predicted molar refractivity (Wildman–Crippen MR) is 120 cm³/mol. The predicted octanol–water partition coefficient (Wildman–Crippen LogP) is 6.98. The Morgan fingerprint density at radius 2 is 1.80 bits per heavy atom. The maximum Gasteiger partial charge on any atom is 0.453 e. The second-order valence-corrected chi connectivity index (χ2v) is 8.95. The average molecular weight is 437 g/mol. The summed E-state index contributed by atoms with van der Waals surface area (Å²) in [5.41, 5.74) is 2.75. The topological polar surface area (TPSA) is 71.5 Å². The van der Waals surface area contributed by atoms with E-state index in [2.05, 4.69) is 10.3 Å². The Hall–Kier alpha value is -3.42. The molecule has 0 saturated carbocycles. The summed E-state index contributed by atoms with van der Waals surface area (Å²) in [7, 11) is -1.000. The number of nitrogens with one attached hydrogen (secondary N) is 1. The van der Waals surface area contributed by atoms with Crippen molar-refractivity contribution in [3.8, 4) is 11.5 Å². The van der Waals surface area contributed by atoms with Gasteiger partial charge in [-0.3, -0.25) is 4.90 Å². The second kappa shape index (κ2) is 7.12. The first-order valence-corrected chi connectivity index (χ1v) is 10.8. The van der Waals surface area contributed by atoms with Crippen molar-refractivity contribution in [2.45, 2.75) is 6.92 Å². The summed E-state index contributed by atoms with van der Waals surface area (Å²) in [4.78, 5) is 31.4. The van der Waals surface area contributed by atoms with Gasteiger partial charge in [0.1, 0.15) is 16.8 Å². The van der Waals surface area contributed by atoms with Gasteiger partial charge in [0, 0.05) is 17.8 Å². The lowest BCUT2D eigenvalue weighted by Crippen LogP contribution is -2.33. The molecule has 1 unspecified atom stereocenters. The number of halogens is 1. The highest BCUT2D eigenvalue weighted by Gasteiger charge is 2.36. The van der Waals surface area contributed by atoms with Crippen LogP contribution in [-0.2, 0) is 0 Å². The lowest BCUT2D eigenvalue weighted by atomic mass is 10.1. The molecule has 0 aliphatic carbocycles. The number of thiophene rings is 1. The van der Waals surface area contributed by atoms with Crippen LogP contribution in [0, 0.1) is 6.92 Å². The number of hydrogen-bond acceptors (Lipinski definition) is 4. The van der Waals surface area contributed by atoms with Crippen molar-refractivity contribution in [2.75, 3.05) is 10.2 Å². The summed E-state index contributed by atoms with van der Waals surface area (Å²) in [5.74, 6) is 1.24. The Balaban J connectivity index is 1.68. The van der Waals surface area contributed by atoms with E-state index in [0.29, 0.717) is 38.8 Å². The van der Waals surface area contributed by atoms with E-state index in [4.69, 9.17) is 16.3 Å². The first-order chi connectivity index (χ1) is 14.5. The zero-order chi connectivity index (χ0) is 20.8. The van der Waals surface area contributed by atoms with Crippen molar-refractivity contribution in [2.24, 2.45) is 0 Å². The summed E-state index contributed by atoms with van der Waals surface area (Å²) in [5, 5.41) is 5.24. The van der Waals surface area contributed by atoms with Crippen LogP contribution in [0.4, 0.5) is 26.7 Å². The molecule has 1 aliphatic heterocycles. The van der Waals surface area contributed by atoms with E-state index in [0.717, 1.165) is 5.56 Å². The monoisotopic (exact) mass is 436 g/mol. The minimum atomic E-state index is -1.000. The summed E-state index contributed by atoms with van der Waals surface area (Å²) in [6.07, 6.45) is 1.58. The van der Waals surface area contributed by atoms with Crippen LogP contribution in [-0.4, -0.2) is 15.6 Å². The Labute approximate surface area is 179 Å². The summed E-state index contributed by atoms with van der Waals surface area (Å²) >= 11 is 5.77. The molecule has 6 nitrogen and oxygen atoms in total. The van der Waals surface area contributed by atoms with Crippen molar-refractivity contribution in [3.63, 3.8) is 0 Å². The van der Waals surface area contributed by atoms with Crippen molar-refractivity contribution < 1.29 is 14.3 Å². The molecule has 0 saturated heterocycles. The van der Waals surface area contributed by atoms with Gasteiger partial charge in [0.25, 0.3) is 4.83 Å². The molecule has 0 spiro atoms. The Bertz CT molecular complexity index is 1330. The number of urea groups is 1. The number of anilines is 3. The molecular formula is C22H15ClN3O3S+. The van der Waals surface area contributed by atoms with E-state index in [1.165, 1.54) is 4.90 Å². The van der Waals surface area contributed by atoms with Gasteiger partial charge < -0.3 is 10.1 Å². The number of pyridine rings is 1. The number of ether oxygens (including phenoxy) is 1. The zero-order valence-electron chi connectivity index (χ0n) is 15.8. The van der Waals surface area contributed by atoms with Crippen molar-refractivity contribution in [1.29, 1.82) is 0 Å². The molecule has 3 heterocycles. The number of aromatic nitrogens is 1. The van der Waals surface area contributed by atoms with Crippen LogP contribution in [0.15, 0.2) is 66.2 Å². The Kier molecular flexibility index (Phi) is 4.42. The van der Waals surface area contributed by atoms with Crippen LogP contribution < -0.4 is 15.0 Å². The SMILES string of the molecule is Cc1ccccc1Oc1ccccc1N1C(=O)Nc2c[s+](C(=O)Cl)c3nccc1c23. The minimum Gasteiger partial charge on any atom is -0.455 e. The zero-order valence-corrected chi connectivity index (χ0v) is 17.3. The lowest BCUT2D eigenvalue weighted by molar-refractivity contribution is 0.258. The van der Waals surface area contributed by atoms with Crippen LogP contribution in [0.3, 0.4) is 0 Å². The van der Waals surface area contributed by atoms with Crippen molar-refractivity contribution >= 4 is 60.0 Å². The fourth-order valence-corrected chi connectivity index (χ4v) is 5.25. The number of rotatable bonds is 4. The van der Waals surface area contributed by atoms with E-state index in [1.54, 1.807) is 17.6 Å². The first kappa shape index (κ1) is 18.6. The summed E-state index contributed by atoms with van der Waals surface area (Å²) in [6.45, 7) is 1.96. The van der Waals surface area contributed by atoms with Gasteiger partial charge in [0.05, 0.1) is 21.8 Å². The molecule has 2 aromatic carbocycles. The van der Waals surface area contributed by atoms with Crippen LogP contribution in [0.5, 0.6) is 11.5 Å². The Morgan fingerprint density at radius 3 is 2.57 bits per heavy atom. The number of carbonyl (C=O) groups excluding carboxylic acids is 2. The molecule has 2 amide bonds. The van der Waals surface area contributed by atoms with E-state index < -0.39 is 15.0 Å². The quantitative estimate of drug-likeness (QED) is 0.277. The van der Waals surface area contributed by atoms with E-state index in [-0.39, 0.29) is 6.03 Å². The molecule has 1 N–H and O–H groups in total. The molecule has 1 aliphatic rings. The number of para-hydroxylation sites is 3. The van der Waals surface area contributed by atoms with Crippen LogP contribution in [0.25, 0.3) is 10.2 Å². The number of amides is 2. The third kappa shape index (κ3) is 2.91. The lowest BCUT2D eigenvalue weighted by Gasteiger charge is -2.28. The van der Waals surface area contributed by atoms with Crippen molar-refractivity contribution in [3.05, 3.63) is 71.7 Å². The van der Waals surface area contributed by atoms with Gasteiger partial charge in [0.15, 0.2) is 11.1 Å². The molecule has 2 aromatic heterocycles. The van der Waals surface area contributed by atoms with E-state index in [1.807, 2.05) is 55.5 Å². The highest BCUT2D eigenvalue weighted by atomic mass is 35.5. The molecule has 1 atom stereocenters. The molecule has 0 fully saturated rings. The number of hydrogen-bond donors (Lipinski definition) is 1. The summed E-state index contributed by atoms with van der Waals surface area (Å²) < 4.78 is 5.65. The van der Waals surface area contributed by atoms with E-state index in [9.17, 15) is 9.59 Å². The third-order valence-electron chi connectivity index (χ3n) is 4.89. The summed E-state index contributed by atoms with van der Waals surface area (Å²) in [6, 6.07) is 16.4. The van der Waals surface area contributed by atoms with Gasteiger partial charge in [-0.2, -0.15) is 0 Å². The molecule has 4 aromatic rings. The van der Waals surface area contributed by atoms with Crippen molar-refractivity contribution in [1.82, 2.24) is 4.98 Å². The Morgan fingerprint density at radius 1 is 1.07 bits per heavy atom. The number of benzene rings is 2. The highest BCUT2D eigenvalue weighted by Crippen LogP contribution is 2.49. The average Bonchev–Trinajstić information content (AvgIpc) is 3.11. The van der Waals surface area contributed by atoms with Gasteiger partial charge in [-0.15, -0.1) is 0 Å². The molecular weight excluding hydrogens is 422 g/mol. The number of aryl methyl sites for hydroxylation is 1. The molecule has 30 heavy (non-hydrogen) atoms. The molecule has 8 heteroatoms. The van der Waals surface area contributed by atoms with Crippen LogP contribution >= 0.6 is 22.1 Å². The largest absolute Gasteiger partial charge is 0.455 e. The maximum atomic E-state index is 13.1. The standard InChI is InChI=1S/C22H14ClN3O3S/c1-13-6-2-4-8-17(13)29-18-9-5-3-7-15(18)26-16-10-11-24-20-19(16)14(25-22(26)28)12-30(20)21(23)27/h2-12H,1H3/p+1. The van der Waals surface area contributed by atoms with E-state index >= 15 is 0 Å². The highest BCUT2D eigenvalue weighted by molar-refractivity contribution is 7.61. The number of carbonyl (C=O) groups is 2. The van der Waals surface area contributed by atoms with Gasteiger partial charge >= 0.3 is 10.6 Å². The van der Waals surface area contributed by atoms with Gasteiger partial charge in [-0.05, 0) is 36.8 Å². The van der Waals surface area contributed by atoms with Gasteiger partial charge in [-0.25, -0.2) is 14.6 Å². The molecule has 5 rings (SSSR count). The maximum absolute atomic E-state index is 13.1. The van der Waals surface area contributed by atoms with Gasteiger partial charge in [0.2, 0.25) is 0 Å².